The molecule has 2 aliphatic rings. The number of ether oxygens (including phenoxy) is 1. The van der Waals surface area contributed by atoms with Crippen LogP contribution in [0.2, 0.25) is 0 Å². The SMILES string of the molecule is CCOC(=O)C1(C)C(=O)CC(=O)C2CC21. The van der Waals surface area contributed by atoms with Gasteiger partial charge in [0.1, 0.15) is 11.2 Å². The predicted molar refractivity (Wildman–Crippen MR) is 51.0 cm³/mol. The highest BCUT2D eigenvalue weighted by Crippen LogP contribution is 2.56. The maximum Gasteiger partial charge on any atom is 0.319 e. The first-order chi connectivity index (χ1) is 7.01. The number of carbonyl (C=O) groups is 3. The van der Waals surface area contributed by atoms with E-state index in [-0.39, 0.29) is 36.4 Å². The Hall–Kier alpha value is -1.19. The van der Waals surface area contributed by atoms with Crippen LogP contribution in [0, 0.1) is 17.3 Å². The van der Waals surface area contributed by atoms with E-state index >= 15 is 0 Å². The molecule has 0 bridgehead atoms. The third kappa shape index (κ3) is 1.31. The molecule has 0 aromatic heterocycles. The summed E-state index contributed by atoms with van der Waals surface area (Å²) in [7, 11) is 0. The highest BCUT2D eigenvalue weighted by Gasteiger charge is 2.64. The largest absolute Gasteiger partial charge is 0.465 e. The molecule has 3 unspecified atom stereocenters. The number of ketones is 2. The van der Waals surface area contributed by atoms with Crippen LogP contribution in [0.3, 0.4) is 0 Å². The number of esters is 1. The summed E-state index contributed by atoms with van der Waals surface area (Å²) in [4.78, 5) is 34.8. The minimum atomic E-state index is -1.06. The number of carbonyl (C=O) groups excluding carboxylic acids is 3. The van der Waals surface area contributed by atoms with Crippen LogP contribution < -0.4 is 0 Å². The average molecular weight is 210 g/mol. The van der Waals surface area contributed by atoms with Crippen molar-refractivity contribution in [3.63, 3.8) is 0 Å². The minimum absolute atomic E-state index is 0.00762. The third-order valence-electron chi connectivity index (χ3n) is 3.56. The quantitative estimate of drug-likeness (QED) is 0.498. The average Bonchev–Trinajstić information content (AvgIpc) is 2.95. The van der Waals surface area contributed by atoms with Crippen LogP contribution in [0.1, 0.15) is 26.7 Å². The molecule has 0 aromatic rings. The molecule has 2 fully saturated rings. The van der Waals surface area contributed by atoms with Crippen molar-refractivity contribution in [2.45, 2.75) is 26.7 Å². The van der Waals surface area contributed by atoms with Gasteiger partial charge in [-0.1, -0.05) is 0 Å². The lowest BCUT2D eigenvalue weighted by Gasteiger charge is -2.28. The number of hydrogen-bond acceptors (Lipinski definition) is 4. The molecule has 0 heterocycles. The van der Waals surface area contributed by atoms with Gasteiger partial charge in [0.15, 0.2) is 5.78 Å². The highest BCUT2D eigenvalue weighted by molar-refractivity contribution is 6.15. The standard InChI is InChI=1S/C11H14O4/c1-3-15-10(14)11(2)7-4-6(7)8(12)5-9(11)13/h6-7H,3-5H2,1-2H3. The molecule has 3 atom stereocenters. The fourth-order valence-electron chi connectivity index (χ4n) is 2.41. The van der Waals surface area contributed by atoms with Crippen LogP contribution in [-0.4, -0.2) is 24.1 Å². The summed E-state index contributed by atoms with van der Waals surface area (Å²) in [6.07, 6.45) is 0.566. The van der Waals surface area contributed by atoms with Crippen molar-refractivity contribution >= 4 is 17.5 Å². The molecule has 0 aromatic carbocycles. The van der Waals surface area contributed by atoms with Gasteiger partial charge in [0.25, 0.3) is 0 Å². The molecular weight excluding hydrogens is 196 g/mol. The van der Waals surface area contributed by atoms with Gasteiger partial charge in [-0.25, -0.2) is 0 Å². The topological polar surface area (TPSA) is 60.4 Å². The Labute approximate surface area is 88.0 Å². The molecule has 15 heavy (non-hydrogen) atoms. The van der Waals surface area contributed by atoms with E-state index in [2.05, 4.69) is 0 Å². The van der Waals surface area contributed by atoms with Crippen molar-refractivity contribution < 1.29 is 19.1 Å². The summed E-state index contributed by atoms with van der Waals surface area (Å²) in [5.41, 5.74) is -1.06. The zero-order valence-corrected chi connectivity index (χ0v) is 8.91. The molecule has 0 aliphatic heterocycles. The van der Waals surface area contributed by atoms with Crippen LogP contribution in [0.4, 0.5) is 0 Å². The second-order valence-electron chi connectivity index (χ2n) is 4.44. The molecule has 82 valence electrons. The Morgan fingerprint density at radius 1 is 1.53 bits per heavy atom. The fourth-order valence-corrected chi connectivity index (χ4v) is 2.41. The van der Waals surface area contributed by atoms with Gasteiger partial charge in [-0.15, -0.1) is 0 Å². The molecule has 0 saturated heterocycles. The lowest BCUT2D eigenvalue weighted by molar-refractivity contribution is -0.162. The molecular formula is C11H14O4. The summed E-state index contributed by atoms with van der Waals surface area (Å²) < 4.78 is 4.92. The second-order valence-corrected chi connectivity index (χ2v) is 4.44. The van der Waals surface area contributed by atoms with E-state index in [0.29, 0.717) is 6.42 Å². The number of hydrogen-bond donors (Lipinski definition) is 0. The Bertz CT molecular complexity index is 346. The van der Waals surface area contributed by atoms with Gasteiger partial charge in [0.2, 0.25) is 0 Å². The number of fused-ring (bicyclic) bond motifs is 1. The Kier molecular flexibility index (Phi) is 2.17. The molecule has 0 amide bonds. The van der Waals surface area contributed by atoms with Gasteiger partial charge in [-0.3, -0.25) is 14.4 Å². The molecule has 2 rings (SSSR count). The van der Waals surface area contributed by atoms with Gasteiger partial charge in [0.05, 0.1) is 13.0 Å². The summed E-state index contributed by atoms with van der Waals surface area (Å²) >= 11 is 0. The highest BCUT2D eigenvalue weighted by atomic mass is 16.5. The van der Waals surface area contributed by atoms with Crippen molar-refractivity contribution in [2.24, 2.45) is 17.3 Å². The predicted octanol–water partition coefficient (Wildman–Crippen LogP) is 0.734. The Morgan fingerprint density at radius 2 is 2.20 bits per heavy atom. The van der Waals surface area contributed by atoms with Crippen molar-refractivity contribution in [3.05, 3.63) is 0 Å². The lowest BCUT2D eigenvalue weighted by Crippen LogP contribution is -2.44. The van der Waals surface area contributed by atoms with E-state index in [4.69, 9.17) is 4.74 Å². The van der Waals surface area contributed by atoms with Gasteiger partial charge in [0, 0.05) is 5.92 Å². The fraction of sp³-hybridized carbons (Fsp3) is 0.727. The van der Waals surface area contributed by atoms with Crippen molar-refractivity contribution in [2.75, 3.05) is 6.61 Å². The molecule has 2 aliphatic carbocycles. The van der Waals surface area contributed by atoms with E-state index in [1.54, 1.807) is 13.8 Å². The maximum atomic E-state index is 11.8. The molecule has 4 heteroatoms. The van der Waals surface area contributed by atoms with E-state index in [0.717, 1.165) is 0 Å². The third-order valence-corrected chi connectivity index (χ3v) is 3.56. The van der Waals surface area contributed by atoms with E-state index in [1.807, 2.05) is 0 Å². The first-order valence-corrected chi connectivity index (χ1v) is 5.25. The summed E-state index contributed by atoms with van der Waals surface area (Å²) in [5.74, 6) is -0.922. The van der Waals surface area contributed by atoms with Crippen molar-refractivity contribution in [1.82, 2.24) is 0 Å². The first-order valence-electron chi connectivity index (χ1n) is 5.25. The Morgan fingerprint density at radius 3 is 2.80 bits per heavy atom. The van der Waals surface area contributed by atoms with Crippen LogP contribution in [-0.2, 0) is 19.1 Å². The van der Waals surface area contributed by atoms with Crippen LogP contribution >= 0.6 is 0 Å². The molecule has 4 nitrogen and oxygen atoms in total. The van der Waals surface area contributed by atoms with E-state index in [1.165, 1.54) is 0 Å². The molecule has 0 N–H and O–H groups in total. The van der Waals surface area contributed by atoms with E-state index < -0.39 is 11.4 Å². The van der Waals surface area contributed by atoms with Gasteiger partial charge in [-0.2, -0.15) is 0 Å². The maximum absolute atomic E-state index is 11.8. The van der Waals surface area contributed by atoms with Crippen LogP contribution in [0.25, 0.3) is 0 Å². The molecule has 0 spiro atoms. The number of rotatable bonds is 2. The number of Topliss-reactive ketones (excluding diaryl/α,β-unsaturated/α-hetero) is 2. The molecule has 2 saturated carbocycles. The summed E-state index contributed by atoms with van der Waals surface area (Å²) in [5, 5.41) is 0. The lowest BCUT2D eigenvalue weighted by atomic mass is 9.73. The summed E-state index contributed by atoms with van der Waals surface area (Å²) in [6.45, 7) is 3.60. The van der Waals surface area contributed by atoms with Crippen molar-refractivity contribution in [3.8, 4) is 0 Å². The monoisotopic (exact) mass is 210 g/mol. The summed E-state index contributed by atoms with van der Waals surface area (Å²) in [6, 6.07) is 0. The zero-order chi connectivity index (χ0) is 11.2. The van der Waals surface area contributed by atoms with Gasteiger partial charge < -0.3 is 4.74 Å². The minimum Gasteiger partial charge on any atom is -0.465 e. The first kappa shape index (κ1) is 10.3. The second kappa shape index (κ2) is 3.15. The van der Waals surface area contributed by atoms with Crippen molar-refractivity contribution in [1.29, 1.82) is 0 Å². The Balaban J connectivity index is 2.24. The van der Waals surface area contributed by atoms with Crippen LogP contribution in [0.5, 0.6) is 0 Å². The smallest absolute Gasteiger partial charge is 0.319 e. The zero-order valence-electron chi connectivity index (χ0n) is 8.91. The molecule has 0 radical (unpaired) electrons. The van der Waals surface area contributed by atoms with E-state index in [9.17, 15) is 14.4 Å². The van der Waals surface area contributed by atoms with Gasteiger partial charge >= 0.3 is 5.97 Å². The van der Waals surface area contributed by atoms with Crippen LogP contribution in [0.15, 0.2) is 0 Å². The normalized spacial score (nSPS) is 38.5. The van der Waals surface area contributed by atoms with Gasteiger partial charge in [-0.05, 0) is 26.2 Å².